The van der Waals surface area contributed by atoms with Crippen LogP contribution in [0.5, 0.6) is 0 Å². The molecular weight excluding hydrogens is 176 g/mol. The van der Waals surface area contributed by atoms with E-state index in [-0.39, 0.29) is 17.9 Å². The molecular formula is C11H14N2O. The maximum atomic E-state index is 11.6. The van der Waals surface area contributed by atoms with E-state index in [0.717, 1.165) is 18.5 Å². The first-order valence-electron chi connectivity index (χ1n) is 4.87. The van der Waals surface area contributed by atoms with Gasteiger partial charge in [-0.2, -0.15) is 0 Å². The number of para-hydroxylation sites is 1. The second-order valence-electron chi connectivity index (χ2n) is 3.78. The Hall–Kier alpha value is -1.35. The molecule has 0 saturated heterocycles. The molecule has 1 aliphatic carbocycles. The molecule has 0 aliphatic heterocycles. The topological polar surface area (TPSA) is 55.1 Å². The summed E-state index contributed by atoms with van der Waals surface area (Å²) in [5.41, 5.74) is 6.48. The Balaban J connectivity index is 1.89. The number of nitrogens with two attached hydrogens (primary N) is 1. The van der Waals surface area contributed by atoms with Crippen LogP contribution in [0, 0.1) is 5.92 Å². The molecule has 3 heteroatoms. The maximum Gasteiger partial charge on any atom is 0.227 e. The molecule has 0 unspecified atom stereocenters. The largest absolute Gasteiger partial charge is 0.328 e. The van der Waals surface area contributed by atoms with Crippen molar-refractivity contribution < 1.29 is 4.79 Å². The number of nitrogens with one attached hydrogen (secondary N) is 1. The number of hydrogen-bond donors (Lipinski definition) is 2. The van der Waals surface area contributed by atoms with Crippen molar-refractivity contribution in [1.82, 2.24) is 0 Å². The van der Waals surface area contributed by atoms with E-state index < -0.39 is 0 Å². The van der Waals surface area contributed by atoms with Gasteiger partial charge in [0.05, 0.1) is 0 Å². The van der Waals surface area contributed by atoms with Crippen LogP contribution in [-0.4, -0.2) is 11.9 Å². The first-order valence-corrected chi connectivity index (χ1v) is 4.87. The highest BCUT2D eigenvalue weighted by atomic mass is 16.1. The fourth-order valence-corrected chi connectivity index (χ4v) is 1.64. The van der Waals surface area contributed by atoms with Crippen molar-refractivity contribution in [3.63, 3.8) is 0 Å². The van der Waals surface area contributed by atoms with E-state index in [1.807, 2.05) is 30.3 Å². The summed E-state index contributed by atoms with van der Waals surface area (Å²) in [6.45, 7) is 0. The smallest absolute Gasteiger partial charge is 0.227 e. The molecule has 14 heavy (non-hydrogen) atoms. The quantitative estimate of drug-likeness (QED) is 0.739. The molecule has 3 N–H and O–H groups in total. The maximum absolute atomic E-state index is 11.6. The Labute approximate surface area is 83.3 Å². The average Bonchev–Trinajstić information content (AvgIpc) is 2.14. The minimum Gasteiger partial charge on any atom is -0.328 e. The van der Waals surface area contributed by atoms with Gasteiger partial charge in [0.15, 0.2) is 0 Å². The Morgan fingerprint density at radius 1 is 1.29 bits per heavy atom. The van der Waals surface area contributed by atoms with E-state index in [1.54, 1.807) is 0 Å². The molecule has 1 fully saturated rings. The van der Waals surface area contributed by atoms with Crippen molar-refractivity contribution in [2.45, 2.75) is 18.9 Å². The lowest BCUT2D eigenvalue weighted by Crippen LogP contribution is -2.42. The van der Waals surface area contributed by atoms with E-state index >= 15 is 0 Å². The molecule has 1 aromatic carbocycles. The zero-order valence-corrected chi connectivity index (χ0v) is 7.94. The zero-order valence-electron chi connectivity index (χ0n) is 7.94. The predicted octanol–water partition coefficient (Wildman–Crippen LogP) is 1.36. The van der Waals surface area contributed by atoms with Crippen LogP contribution in [-0.2, 0) is 4.79 Å². The highest BCUT2D eigenvalue weighted by molar-refractivity contribution is 5.93. The van der Waals surface area contributed by atoms with Crippen molar-refractivity contribution >= 4 is 11.6 Å². The van der Waals surface area contributed by atoms with Gasteiger partial charge >= 0.3 is 0 Å². The third-order valence-corrected chi connectivity index (χ3v) is 2.59. The standard InChI is InChI=1S/C11H14N2O/c12-9-6-8(7-9)11(14)13-10-4-2-1-3-5-10/h1-5,8-9H,6-7,12H2,(H,13,14). The minimum absolute atomic E-state index is 0.0953. The van der Waals surface area contributed by atoms with E-state index in [1.165, 1.54) is 0 Å². The molecule has 1 aliphatic rings. The molecule has 0 radical (unpaired) electrons. The predicted molar refractivity (Wildman–Crippen MR) is 55.8 cm³/mol. The second-order valence-corrected chi connectivity index (χ2v) is 3.78. The number of amides is 1. The number of hydrogen-bond acceptors (Lipinski definition) is 2. The van der Waals surface area contributed by atoms with Crippen LogP contribution >= 0.6 is 0 Å². The van der Waals surface area contributed by atoms with Crippen molar-refractivity contribution in [2.75, 3.05) is 5.32 Å². The third-order valence-electron chi connectivity index (χ3n) is 2.59. The number of anilines is 1. The second kappa shape index (κ2) is 3.80. The minimum atomic E-state index is 0.0953. The van der Waals surface area contributed by atoms with Gasteiger partial charge in [-0.3, -0.25) is 4.79 Å². The van der Waals surface area contributed by atoms with Gasteiger partial charge in [0.25, 0.3) is 0 Å². The van der Waals surface area contributed by atoms with Gasteiger partial charge in [0, 0.05) is 17.6 Å². The van der Waals surface area contributed by atoms with Crippen LogP contribution in [0.15, 0.2) is 30.3 Å². The van der Waals surface area contributed by atoms with Crippen molar-refractivity contribution in [3.05, 3.63) is 30.3 Å². The van der Waals surface area contributed by atoms with Crippen LogP contribution in [0.4, 0.5) is 5.69 Å². The summed E-state index contributed by atoms with van der Waals surface area (Å²) in [5.74, 6) is 0.211. The zero-order chi connectivity index (χ0) is 9.97. The summed E-state index contributed by atoms with van der Waals surface area (Å²) >= 11 is 0. The van der Waals surface area contributed by atoms with Crippen molar-refractivity contribution in [1.29, 1.82) is 0 Å². The Morgan fingerprint density at radius 2 is 1.93 bits per heavy atom. The van der Waals surface area contributed by atoms with E-state index in [4.69, 9.17) is 5.73 Å². The number of rotatable bonds is 2. The summed E-state index contributed by atoms with van der Waals surface area (Å²) in [5, 5.41) is 2.87. The summed E-state index contributed by atoms with van der Waals surface area (Å²) in [6.07, 6.45) is 1.64. The molecule has 0 bridgehead atoms. The lowest BCUT2D eigenvalue weighted by atomic mass is 9.80. The molecule has 0 aromatic heterocycles. The molecule has 1 aromatic rings. The fraction of sp³-hybridized carbons (Fsp3) is 0.364. The molecule has 1 saturated carbocycles. The molecule has 1 amide bonds. The van der Waals surface area contributed by atoms with Gasteiger partial charge in [-0.15, -0.1) is 0 Å². The normalized spacial score (nSPS) is 25.2. The van der Waals surface area contributed by atoms with Gasteiger partial charge < -0.3 is 11.1 Å². The fourth-order valence-electron chi connectivity index (χ4n) is 1.64. The Kier molecular flexibility index (Phi) is 2.50. The summed E-state index contributed by atoms with van der Waals surface area (Å²) < 4.78 is 0. The van der Waals surface area contributed by atoms with Crippen LogP contribution in [0.3, 0.4) is 0 Å². The van der Waals surface area contributed by atoms with Crippen LogP contribution in [0.2, 0.25) is 0 Å². The van der Waals surface area contributed by atoms with Gasteiger partial charge in [0.1, 0.15) is 0 Å². The molecule has 3 nitrogen and oxygen atoms in total. The summed E-state index contributed by atoms with van der Waals surface area (Å²) in [6, 6.07) is 9.73. The molecule has 74 valence electrons. The summed E-state index contributed by atoms with van der Waals surface area (Å²) in [4.78, 5) is 11.6. The van der Waals surface area contributed by atoms with Gasteiger partial charge in [-0.05, 0) is 25.0 Å². The average molecular weight is 190 g/mol. The Bertz CT molecular complexity index is 317. The van der Waals surface area contributed by atoms with Gasteiger partial charge in [-0.25, -0.2) is 0 Å². The van der Waals surface area contributed by atoms with Crippen molar-refractivity contribution in [3.8, 4) is 0 Å². The lowest BCUT2D eigenvalue weighted by molar-refractivity contribution is -0.122. The lowest BCUT2D eigenvalue weighted by Gasteiger charge is -2.31. The van der Waals surface area contributed by atoms with E-state index in [2.05, 4.69) is 5.32 Å². The summed E-state index contributed by atoms with van der Waals surface area (Å²) in [7, 11) is 0. The van der Waals surface area contributed by atoms with E-state index in [9.17, 15) is 4.79 Å². The van der Waals surface area contributed by atoms with Crippen molar-refractivity contribution in [2.24, 2.45) is 11.7 Å². The van der Waals surface area contributed by atoms with Crippen LogP contribution in [0.25, 0.3) is 0 Å². The molecule has 0 spiro atoms. The van der Waals surface area contributed by atoms with Gasteiger partial charge in [-0.1, -0.05) is 18.2 Å². The number of carbonyl (C=O) groups excluding carboxylic acids is 1. The first-order chi connectivity index (χ1) is 6.75. The third kappa shape index (κ3) is 1.93. The Morgan fingerprint density at radius 3 is 2.50 bits per heavy atom. The number of carbonyl (C=O) groups is 1. The van der Waals surface area contributed by atoms with Gasteiger partial charge in [0.2, 0.25) is 5.91 Å². The SMILES string of the molecule is NC1CC(C(=O)Nc2ccccc2)C1. The molecule has 2 rings (SSSR count). The van der Waals surface area contributed by atoms with Crippen LogP contribution < -0.4 is 11.1 Å². The van der Waals surface area contributed by atoms with Crippen LogP contribution in [0.1, 0.15) is 12.8 Å². The molecule has 0 atom stereocenters. The highest BCUT2D eigenvalue weighted by Gasteiger charge is 2.31. The molecule has 0 heterocycles. The first kappa shape index (κ1) is 9.21. The monoisotopic (exact) mass is 190 g/mol. The number of benzene rings is 1. The highest BCUT2D eigenvalue weighted by Crippen LogP contribution is 2.26. The van der Waals surface area contributed by atoms with E-state index in [0.29, 0.717) is 0 Å².